The van der Waals surface area contributed by atoms with Gasteiger partial charge in [0.2, 0.25) is 0 Å². The van der Waals surface area contributed by atoms with E-state index in [-0.39, 0.29) is 0 Å². The highest BCUT2D eigenvalue weighted by molar-refractivity contribution is 7.99. The van der Waals surface area contributed by atoms with Crippen LogP contribution in [-0.4, -0.2) is 21.1 Å². The van der Waals surface area contributed by atoms with E-state index in [9.17, 15) is 0 Å². The molecule has 90 valence electrons. The van der Waals surface area contributed by atoms with Crippen LogP contribution in [0.5, 0.6) is 0 Å². The Bertz CT molecular complexity index is 581. The second-order valence-corrected chi connectivity index (χ2v) is 5.45. The Balaban J connectivity index is 2.29. The molecule has 1 aromatic carbocycles. The van der Waals surface area contributed by atoms with Crippen molar-refractivity contribution in [2.45, 2.75) is 13.5 Å². The molecule has 0 radical (unpaired) electrons. The first-order valence-electron chi connectivity index (χ1n) is 5.61. The number of hydrogen-bond acceptors (Lipinski definition) is 2. The SMILES string of the molecule is C=CCSCCn1c(=S)[nH]c2cccc(C)c21. The fraction of sp³-hybridized carbons (Fsp3) is 0.308. The van der Waals surface area contributed by atoms with E-state index < -0.39 is 0 Å². The van der Waals surface area contributed by atoms with Crippen molar-refractivity contribution < 1.29 is 0 Å². The Morgan fingerprint density at radius 3 is 3.12 bits per heavy atom. The largest absolute Gasteiger partial charge is 0.331 e. The minimum Gasteiger partial charge on any atom is -0.331 e. The first-order chi connectivity index (χ1) is 8.24. The van der Waals surface area contributed by atoms with E-state index in [0.717, 1.165) is 28.3 Å². The van der Waals surface area contributed by atoms with E-state index in [1.54, 1.807) is 0 Å². The number of aromatic amines is 1. The van der Waals surface area contributed by atoms with Crippen molar-refractivity contribution in [1.29, 1.82) is 0 Å². The normalized spacial score (nSPS) is 10.9. The Hall–Kier alpha value is -1.00. The number of nitrogens with one attached hydrogen (secondary N) is 1. The molecule has 0 fully saturated rings. The van der Waals surface area contributed by atoms with Crippen LogP contribution in [0, 0.1) is 11.7 Å². The maximum atomic E-state index is 5.37. The van der Waals surface area contributed by atoms with Gasteiger partial charge in [0.05, 0.1) is 11.0 Å². The number of hydrogen-bond donors (Lipinski definition) is 1. The molecule has 17 heavy (non-hydrogen) atoms. The van der Waals surface area contributed by atoms with Crippen LogP contribution in [0.1, 0.15) is 5.56 Å². The lowest BCUT2D eigenvalue weighted by Crippen LogP contribution is -2.01. The zero-order valence-corrected chi connectivity index (χ0v) is 11.5. The number of imidazole rings is 1. The standard InChI is InChI=1S/C13H16N2S2/c1-3-8-17-9-7-15-12-10(2)5-4-6-11(12)14-13(15)16/h3-6H,1,7-9H2,2H3,(H,14,16). The average molecular weight is 264 g/mol. The van der Waals surface area contributed by atoms with Crippen LogP contribution in [0.25, 0.3) is 11.0 Å². The monoisotopic (exact) mass is 264 g/mol. The Kier molecular flexibility index (Phi) is 4.07. The van der Waals surface area contributed by atoms with Gasteiger partial charge in [0, 0.05) is 18.1 Å². The van der Waals surface area contributed by atoms with Crippen LogP contribution in [-0.2, 0) is 6.54 Å². The summed E-state index contributed by atoms with van der Waals surface area (Å²) in [5, 5.41) is 0. The van der Waals surface area contributed by atoms with Crippen molar-refractivity contribution in [1.82, 2.24) is 9.55 Å². The summed E-state index contributed by atoms with van der Waals surface area (Å²) < 4.78 is 3.00. The first kappa shape index (κ1) is 12.5. The summed E-state index contributed by atoms with van der Waals surface area (Å²) in [5.74, 6) is 2.05. The number of para-hydroxylation sites is 1. The smallest absolute Gasteiger partial charge is 0.178 e. The fourth-order valence-electron chi connectivity index (χ4n) is 1.94. The van der Waals surface area contributed by atoms with Gasteiger partial charge in [-0.05, 0) is 30.8 Å². The maximum Gasteiger partial charge on any atom is 0.178 e. The van der Waals surface area contributed by atoms with Crippen molar-refractivity contribution >= 4 is 35.0 Å². The average Bonchev–Trinajstić information content (AvgIpc) is 2.62. The molecule has 0 atom stereocenters. The Morgan fingerprint density at radius 2 is 2.35 bits per heavy atom. The van der Waals surface area contributed by atoms with E-state index in [1.807, 2.05) is 17.8 Å². The van der Waals surface area contributed by atoms with E-state index in [1.165, 1.54) is 11.1 Å². The van der Waals surface area contributed by atoms with Gasteiger partial charge in [0.15, 0.2) is 4.77 Å². The number of nitrogens with zero attached hydrogens (tertiary/aromatic N) is 1. The Morgan fingerprint density at radius 1 is 1.53 bits per heavy atom. The topological polar surface area (TPSA) is 20.7 Å². The molecule has 1 heterocycles. The molecule has 2 rings (SSSR count). The molecule has 1 N–H and O–H groups in total. The summed E-state index contributed by atoms with van der Waals surface area (Å²) in [7, 11) is 0. The van der Waals surface area contributed by atoms with Crippen molar-refractivity contribution in [3.05, 3.63) is 41.2 Å². The van der Waals surface area contributed by atoms with Gasteiger partial charge in [-0.15, -0.1) is 6.58 Å². The number of thioether (sulfide) groups is 1. The van der Waals surface area contributed by atoms with Gasteiger partial charge in [0.25, 0.3) is 0 Å². The summed E-state index contributed by atoms with van der Waals surface area (Å²) in [6.45, 7) is 6.79. The Labute approximate surface area is 111 Å². The summed E-state index contributed by atoms with van der Waals surface area (Å²) in [5.41, 5.74) is 3.63. The predicted molar refractivity (Wildman–Crippen MR) is 79.4 cm³/mol. The van der Waals surface area contributed by atoms with Gasteiger partial charge in [0.1, 0.15) is 0 Å². The van der Waals surface area contributed by atoms with Gasteiger partial charge in [-0.1, -0.05) is 18.2 Å². The molecule has 0 spiro atoms. The number of H-pyrrole nitrogens is 1. The highest BCUT2D eigenvalue weighted by Crippen LogP contribution is 2.18. The molecule has 0 bridgehead atoms. The third kappa shape index (κ3) is 2.64. The van der Waals surface area contributed by atoms with E-state index in [0.29, 0.717) is 0 Å². The van der Waals surface area contributed by atoms with E-state index in [4.69, 9.17) is 12.2 Å². The molecule has 0 unspecified atom stereocenters. The second-order valence-electron chi connectivity index (χ2n) is 3.92. The fourth-order valence-corrected chi connectivity index (χ4v) is 2.88. The highest BCUT2D eigenvalue weighted by Gasteiger charge is 2.05. The number of fused-ring (bicyclic) bond motifs is 1. The predicted octanol–water partition coefficient (Wildman–Crippen LogP) is 3.93. The molecule has 0 aliphatic carbocycles. The summed E-state index contributed by atoms with van der Waals surface area (Å²) >= 11 is 7.24. The molecular weight excluding hydrogens is 248 g/mol. The molecule has 0 saturated carbocycles. The van der Waals surface area contributed by atoms with Gasteiger partial charge >= 0.3 is 0 Å². The number of rotatable bonds is 5. The third-order valence-corrected chi connectivity index (χ3v) is 3.95. The number of aromatic nitrogens is 2. The van der Waals surface area contributed by atoms with Gasteiger partial charge < -0.3 is 9.55 Å². The lowest BCUT2D eigenvalue weighted by molar-refractivity contribution is 0.782. The van der Waals surface area contributed by atoms with E-state index in [2.05, 4.69) is 41.3 Å². The summed E-state index contributed by atoms with van der Waals surface area (Å²) in [6, 6.07) is 6.25. The quantitative estimate of drug-likeness (QED) is 0.502. The van der Waals surface area contributed by atoms with Crippen LogP contribution in [0.4, 0.5) is 0 Å². The van der Waals surface area contributed by atoms with Crippen molar-refractivity contribution in [3.63, 3.8) is 0 Å². The second kappa shape index (κ2) is 5.56. The molecule has 0 aliphatic heterocycles. The van der Waals surface area contributed by atoms with Crippen LogP contribution in [0.2, 0.25) is 0 Å². The molecular formula is C13H16N2S2. The lowest BCUT2D eigenvalue weighted by atomic mass is 10.2. The maximum absolute atomic E-state index is 5.37. The minimum atomic E-state index is 0.813. The van der Waals surface area contributed by atoms with Crippen LogP contribution in [0.3, 0.4) is 0 Å². The van der Waals surface area contributed by atoms with Crippen molar-refractivity contribution in [2.24, 2.45) is 0 Å². The number of aryl methyl sites for hydroxylation is 2. The number of benzene rings is 1. The summed E-state index contributed by atoms with van der Waals surface area (Å²) in [6.07, 6.45) is 1.93. The first-order valence-corrected chi connectivity index (χ1v) is 7.17. The van der Waals surface area contributed by atoms with Crippen LogP contribution < -0.4 is 0 Å². The molecule has 0 saturated heterocycles. The van der Waals surface area contributed by atoms with Gasteiger partial charge in [-0.25, -0.2) is 0 Å². The van der Waals surface area contributed by atoms with Gasteiger partial charge in [-0.3, -0.25) is 0 Å². The molecule has 2 nitrogen and oxygen atoms in total. The third-order valence-electron chi connectivity index (χ3n) is 2.69. The molecule has 0 aliphatic rings. The zero-order valence-electron chi connectivity index (χ0n) is 9.90. The van der Waals surface area contributed by atoms with Crippen molar-refractivity contribution in [2.75, 3.05) is 11.5 Å². The minimum absolute atomic E-state index is 0.813. The van der Waals surface area contributed by atoms with Gasteiger partial charge in [-0.2, -0.15) is 11.8 Å². The molecule has 1 aromatic heterocycles. The van der Waals surface area contributed by atoms with Crippen LogP contribution >= 0.6 is 24.0 Å². The molecule has 4 heteroatoms. The van der Waals surface area contributed by atoms with Crippen LogP contribution in [0.15, 0.2) is 30.9 Å². The highest BCUT2D eigenvalue weighted by atomic mass is 32.2. The van der Waals surface area contributed by atoms with Crippen molar-refractivity contribution in [3.8, 4) is 0 Å². The summed E-state index contributed by atoms with van der Waals surface area (Å²) in [4.78, 5) is 3.26. The van der Waals surface area contributed by atoms with E-state index >= 15 is 0 Å². The molecule has 0 amide bonds. The zero-order chi connectivity index (χ0) is 12.3. The lowest BCUT2D eigenvalue weighted by Gasteiger charge is -2.05. The molecule has 2 aromatic rings.